The van der Waals surface area contributed by atoms with Crippen LogP contribution in [0.15, 0.2) is 35.3 Å². The molecular weight excluding hydrogens is 290 g/mol. The van der Waals surface area contributed by atoms with Gasteiger partial charge in [-0.05, 0) is 37.3 Å². The van der Waals surface area contributed by atoms with Crippen molar-refractivity contribution in [1.29, 1.82) is 0 Å². The number of hydrogen-bond acceptors (Lipinski definition) is 3. The first kappa shape index (κ1) is 17.6. The molecule has 1 aliphatic carbocycles. The molecule has 0 radical (unpaired) electrons. The van der Waals surface area contributed by atoms with Gasteiger partial charge < -0.3 is 19.7 Å². The molecule has 5 nitrogen and oxygen atoms in total. The molecule has 2 rings (SSSR count). The third-order valence-corrected chi connectivity index (χ3v) is 3.81. The molecule has 1 aromatic carbocycles. The summed E-state index contributed by atoms with van der Waals surface area (Å²) in [6.45, 7) is 4.05. The van der Waals surface area contributed by atoms with Crippen LogP contribution in [0, 0.1) is 5.92 Å². The van der Waals surface area contributed by atoms with Crippen LogP contribution < -0.4 is 10.1 Å². The van der Waals surface area contributed by atoms with Crippen LogP contribution in [-0.4, -0.2) is 57.9 Å². The molecule has 1 saturated carbocycles. The summed E-state index contributed by atoms with van der Waals surface area (Å²) in [5.74, 6) is 2.63. The number of rotatable bonds is 10. The number of likely N-dealkylation sites (N-methyl/N-ethyl adjacent to an activating group) is 1. The molecule has 1 N–H and O–H groups in total. The highest BCUT2D eigenvalue weighted by Crippen LogP contribution is 2.28. The van der Waals surface area contributed by atoms with Gasteiger partial charge in [-0.1, -0.05) is 18.2 Å². The van der Waals surface area contributed by atoms with Crippen molar-refractivity contribution in [3.63, 3.8) is 0 Å². The Morgan fingerprint density at radius 3 is 2.74 bits per heavy atom. The maximum atomic E-state index is 5.71. The summed E-state index contributed by atoms with van der Waals surface area (Å²) in [4.78, 5) is 6.38. The van der Waals surface area contributed by atoms with Crippen LogP contribution in [0.5, 0.6) is 5.75 Å². The predicted molar refractivity (Wildman–Crippen MR) is 94.1 cm³/mol. The minimum Gasteiger partial charge on any atom is -0.492 e. The average molecular weight is 319 g/mol. The van der Waals surface area contributed by atoms with E-state index < -0.39 is 0 Å². The molecule has 0 saturated heterocycles. The van der Waals surface area contributed by atoms with Crippen molar-refractivity contribution in [3.05, 3.63) is 30.3 Å². The Hall–Kier alpha value is -1.75. The summed E-state index contributed by atoms with van der Waals surface area (Å²) in [5.41, 5.74) is 0. The topological polar surface area (TPSA) is 46.1 Å². The molecule has 128 valence electrons. The number of guanidine groups is 1. The van der Waals surface area contributed by atoms with Crippen LogP contribution >= 0.6 is 0 Å². The van der Waals surface area contributed by atoms with Gasteiger partial charge in [0.25, 0.3) is 0 Å². The second kappa shape index (κ2) is 10.1. The van der Waals surface area contributed by atoms with E-state index in [1.54, 1.807) is 7.05 Å². The third-order valence-electron chi connectivity index (χ3n) is 3.81. The first-order valence-electron chi connectivity index (χ1n) is 8.47. The Balaban J connectivity index is 1.54. The van der Waals surface area contributed by atoms with Crippen molar-refractivity contribution in [2.75, 3.05) is 47.0 Å². The van der Waals surface area contributed by atoms with Gasteiger partial charge in [-0.3, -0.25) is 4.99 Å². The van der Waals surface area contributed by atoms with E-state index in [0.29, 0.717) is 6.61 Å². The number of ether oxygens (including phenoxy) is 2. The van der Waals surface area contributed by atoms with Gasteiger partial charge in [-0.15, -0.1) is 0 Å². The van der Waals surface area contributed by atoms with E-state index in [-0.39, 0.29) is 0 Å². The van der Waals surface area contributed by atoms with Gasteiger partial charge in [0, 0.05) is 33.9 Å². The lowest BCUT2D eigenvalue weighted by atomic mass is 10.3. The summed E-state index contributed by atoms with van der Waals surface area (Å²) in [6.07, 6.45) is 3.70. The van der Waals surface area contributed by atoms with Gasteiger partial charge in [0.1, 0.15) is 12.4 Å². The second-order valence-electron chi connectivity index (χ2n) is 5.93. The summed E-state index contributed by atoms with van der Waals surface area (Å²) in [5, 5.41) is 3.36. The fourth-order valence-corrected chi connectivity index (χ4v) is 2.22. The number of para-hydroxylation sites is 1. The van der Waals surface area contributed by atoms with Crippen LogP contribution in [0.3, 0.4) is 0 Å². The van der Waals surface area contributed by atoms with E-state index in [0.717, 1.165) is 50.4 Å². The van der Waals surface area contributed by atoms with E-state index >= 15 is 0 Å². The molecule has 23 heavy (non-hydrogen) atoms. The van der Waals surface area contributed by atoms with Crippen molar-refractivity contribution in [3.8, 4) is 5.75 Å². The number of benzene rings is 1. The molecule has 0 unspecified atom stereocenters. The molecule has 0 amide bonds. The molecule has 0 heterocycles. The van der Waals surface area contributed by atoms with Crippen LogP contribution in [-0.2, 0) is 4.74 Å². The van der Waals surface area contributed by atoms with Gasteiger partial charge in [-0.25, -0.2) is 0 Å². The Morgan fingerprint density at radius 1 is 1.26 bits per heavy atom. The Morgan fingerprint density at radius 2 is 2.04 bits per heavy atom. The maximum Gasteiger partial charge on any atom is 0.193 e. The quantitative estimate of drug-likeness (QED) is 0.409. The molecule has 0 atom stereocenters. The predicted octanol–water partition coefficient (Wildman–Crippen LogP) is 2.39. The Labute approximate surface area is 139 Å². The summed E-state index contributed by atoms with van der Waals surface area (Å²) in [6, 6.07) is 9.87. The molecule has 1 aromatic rings. The zero-order valence-corrected chi connectivity index (χ0v) is 14.3. The van der Waals surface area contributed by atoms with Crippen molar-refractivity contribution in [2.45, 2.75) is 19.3 Å². The van der Waals surface area contributed by atoms with Crippen LogP contribution in [0.2, 0.25) is 0 Å². The largest absolute Gasteiger partial charge is 0.492 e. The Bertz CT molecular complexity index is 461. The van der Waals surface area contributed by atoms with Crippen molar-refractivity contribution >= 4 is 5.96 Å². The van der Waals surface area contributed by atoms with E-state index in [1.807, 2.05) is 37.4 Å². The first-order valence-corrected chi connectivity index (χ1v) is 8.47. The minimum absolute atomic E-state index is 0.631. The lowest BCUT2D eigenvalue weighted by molar-refractivity contribution is 0.122. The number of hydrogen-bond donors (Lipinski definition) is 1. The van der Waals surface area contributed by atoms with E-state index in [9.17, 15) is 0 Å². The van der Waals surface area contributed by atoms with Gasteiger partial charge in [0.05, 0.1) is 6.54 Å². The Kier molecular flexibility index (Phi) is 7.73. The van der Waals surface area contributed by atoms with Gasteiger partial charge >= 0.3 is 0 Å². The summed E-state index contributed by atoms with van der Waals surface area (Å²) in [7, 11) is 3.83. The van der Waals surface area contributed by atoms with Gasteiger partial charge in [-0.2, -0.15) is 0 Å². The normalized spacial score (nSPS) is 14.6. The number of aliphatic imine (C=N–C) groups is 1. The number of nitrogens with one attached hydrogen (secondary N) is 1. The highest BCUT2D eigenvalue weighted by molar-refractivity contribution is 5.79. The maximum absolute atomic E-state index is 5.71. The zero-order valence-electron chi connectivity index (χ0n) is 14.3. The van der Waals surface area contributed by atoms with Crippen LogP contribution in [0.1, 0.15) is 19.3 Å². The van der Waals surface area contributed by atoms with Gasteiger partial charge in [0.2, 0.25) is 0 Å². The van der Waals surface area contributed by atoms with Crippen molar-refractivity contribution in [2.24, 2.45) is 10.9 Å². The molecule has 5 heteroatoms. The lowest BCUT2D eigenvalue weighted by Crippen LogP contribution is -2.41. The molecule has 0 aliphatic heterocycles. The van der Waals surface area contributed by atoms with E-state index in [2.05, 4.69) is 15.2 Å². The summed E-state index contributed by atoms with van der Waals surface area (Å²) >= 11 is 0. The van der Waals surface area contributed by atoms with Gasteiger partial charge in [0.15, 0.2) is 5.96 Å². The fraction of sp³-hybridized carbons (Fsp3) is 0.611. The highest BCUT2D eigenvalue weighted by Gasteiger charge is 2.20. The number of nitrogens with zero attached hydrogens (tertiary/aromatic N) is 2. The summed E-state index contributed by atoms with van der Waals surface area (Å²) < 4.78 is 11.3. The van der Waals surface area contributed by atoms with Crippen LogP contribution in [0.25, 0.3) is 0 Å². The van der Waals surface area contributed by atoms with E-state index in [1.165, 1.54) is 12.8 Å². The molecule has 0 bridgehead atoms. The van der Waals surface area contributed by atoms with E-state index in [4.69, 9.17) is 9.47 Å². The monoisotopic (exact) mass is 319 g/mol. The molecule has 1 fully saturated rings. The lowest BCUT2D eigenvalue weighted by Gasteiger charge is -2.22. The molecule has 0 aromatic heterocycles. The first-order chi connectivity index (χ1) is 11.3. The third kappa shape index (κ3) is 7.37. The molecule has 1 aliphatic rings. The smallest absolute Gasteiger partial charge is 0.193 e. The standard InChI is InChI=1S/C18H29N3O2/c1-19-18(20-11-6-13-22-15-16-9-10-16)21(2)12-14-23-17-7-4-3-5-8-17/h3-5,7-8,16H,6,9-15H2,1-2H3,(H,19,20). The highest BCUT2D eigenvalue weighted by atomic mass is 16.5. The van der Waals surface area contributed by atoms with Crippen molar-refractivity contribution < 1.29 is 9.47 Å². The SMILES string of the molecule is CN=C(NCCCOCC1CC1)N(C)CCOc1ccccc1. The van der Waals surface area contributed by atoms with Crippen molar-refractivity contribution in [1.82, 2.24) is 10.2 Å². The zero-order chi connectivity index (χ0) is 16.3. The minimum atomic E-state index is 0.631. The molecular formula is C18H29N3O2. The fourth-order valence-electron chi connectivity index (χ4n) is 2.22. The molecule has 0 spiro atoms. The average Bonchev–Trinajstić information content (AvgIpc) is 3.39. The van der Waals surface area contributed by atoms with Crippen LogP contribution in [0.4, 0.5) is 0 Å². The second-order valence-corrected chi connectivity index (χ2v) is 5.93.